The van der Waals surface area contributed by atoms with Gasteiger partial charge in [0.05, 0.1) is 35.0 Å². The third kappa shape index (κ3) is 2.54. The number of aromatic amines is 2. The zero-order valence-electron chi connectivity index (χ0n) is 10.4. The Labute approximate surface area is 124 Å². The van der Waals surface area contributed by atoms with E-state index in [1.807, 2.05) is 4.90 Å². The fourth-order valence-corrected chi connectivity index (χ4v) is 2.75. The Balaban J connectivity index is 1.98. The summed E-state index contributed by atoms with van der Waals surface area (Å²) in [5, 5.41) is 6.33. The highest BCUT2D eigenvalue weighted by Crippen LogP contribution is 2.33. The van der Waals surface area contributed by atoms with Crippen molar-refractivity contribution >= 4 is 29.0 Å². The van der Waals surface area contributed by atoms with Crippen LogP contribution in [0.25, 0.3) is 0 Å². The first-order chi connectivity index (χ1) is 9.65. The summed E-state index contributed by atoms with van der Waals surface area (Å²) in [6.07, 6.45) is 1.55. The Kier molecular flexibility index (Phi) is 3.69. The highest BCUT2D eigenvalue weighted by molar-refractivity contribution is 6.36. The lowest BCUT2D eigenvalue weighted by molar-refractivity contribution is 0.0926. The molecule has 0 bridgehead atoms. The SMILES string of the molecule is O=c1cc(C2COCCN2c2ncc(Cl)cc2Cl)[nH][nH]1. The van der Waals surface area contributed by atoms with Crippen LogP contribution in [0.5, 0.6) is 0 Å². The second kappa shape index (κ2) is 5.47. The number of pyridine rings is 1. The number of nitrogens with one attached hydrogen (secondary N) is 2. The molecule has 0 aromatic carbocycles. The molecule has 2 aromatic heterocycles. The molecule has 0 spiro atoms. The zero-order valence-corrected chi connectivity index (χ0v) is 11.9. The number of halogens is 2. The number of nitrogens with zero attached hydrogens (tertiary/aromatic N) is 2. The molecule has 1 aliphatic heterocycles. The predicted octanol–water partition coefficient (Wildman–Crippen LogP) is 1.98. The van der Waals surface area contributed by atoms with Crippen molar-refractivity contribution in [3.8, 4) is 0 Å². The molecule has 6 nitrogen and oxygen atoms in total. The Bertz CT molecular complexity index is 669. The fraction of sp³-hybridized carbons (Fsp3) is 0.333. The molecule has 3 heterocycles. The van der Waals surface area contributed by atoms with E-state index >= 15 is 0 Å². The van der Waals surface area contributed by atoms with Crippen LogP contribution >= 0.6 is 23.2 Å². The van der Waals surface area contributed by atoms with Gasteiger partial charge in [-0.3, -0.25) is 9.89 Å². The van der Waals surface area contributed by atoms with E-state index in [4.69, 9.17) is 27.9 Å². The van der Waals surface area contributed by atoms with E-state index in [0.717, 1.165) is 5.69 Å². The minimum atomic E-state index is -0.180. The maximum atomic E-state index is 11.3. The summed E-state index contributed by atoms with van der Waals surface area (Å²) in [4.78, 5) is 17.6. The van der Waals surface area contributed by atoms with Crippen molar-refractivity contribution in [2.75, 3.05) is 24.7 Å². The fourth-order valence-electron chi connectivity index (χ4n) is 2.26. The van der Waals surface area contributed by atoms with Gasteiger partial charge in [-0.2, -0.15) is 0 Å². The normalized spacial score (nSPS) is 19.3. The summed E-state index contributed by atoms with van der Waals surface area (Å²) < 4.78 is 5.49. The standard InChI is InChI=1S/C12H12Cl2N4O2/c13-7-3-8(14)12(15-5-7)18-1-2-20-6-10(18)9-4-11(19)17-16-9/h3-5,10H,1-2,6H2,(H2,16,17,19). The van der Waals surface area contributed by atoms with Gasteiger partial charge in [-0.25, -0.2) is 4.98 Å². The van der Waals surface area contributed by atoms with Crippen molar-refractivity contribution in [3.05, 3.63) is 44.4 Å². The van der Waals surface area contributed by atoms with E-state index in [0.29, 0.717) is 35.6 Å². The number of anilines is 1. The number of aromatic nitrogens is 3. The van der Waals surface area contributed by atoms with Crippen molar-refractivity contribution in [3.63, 3.8) is 0 Å². The second-order valence-corrected chi connectivity index (χ2v) is 5.30. The largest absolute Gasteiger partial charge is 0.377 e. The van der Waals surface area contributed by atoms with Crippen LogP contribution in [0.2, 0.25) is 10.0 Å². The van der Waals surface area contributed by atoms with E-state index in [9.17, 15) is 4.79 Å². The molecule has 1 aliphatic rings. The summed E-state index contributed by atoms with van der Waals surface area (Å²) in [7, 11) is 0. The van der Waals surface area contributed by atoms with Crippen molar-refractivity contribution in [1.29, 1.82) is 0 Å². The maximum Gasteiger partial charge on any atom is 0.264 e. The molecule has 2 aromatic rings. The van der Waals surface area contributed by atoms with Gasteiger partial charge in [0.2, 0.25) is 0 Å². The molecule has 1 atom stereocenters. The van der Waals surface area contributed by atoms with E-state index in [2.05, 4.69) is 15.2 Å². The van der Waals surface area contributed by atoms with Crippen LogP contribution in [0.3, 0.4) is 0 Å². The van der Waals surface area contributed by atoms with Crippen LogP contribution in [0, 0.1) is 0 Å². The lowest BCUT2D eigenvalue weighted by atomic mass is 10.1. The van der Waals surface area contributed by atoms with E-state index < -0.39 is 0 Å². The van der Waals surface area contributed by atoms with Gasteiger partial charge in [-0.1, -0.05) is 23.2 Å². The number of hydrogen-bond acceptors (Lipinski definition) is 4. The molecule has 0 saturated carbocycles. The van der Waals surface area contributed by atoms with Crippen molar-refractivity contribution in [2.45, 2.75) is 6.04 Å². The zero-order chi connectivity index (χ0) is 14.1. The molecule has 1 unspecified atom stereocenters. The number of ether oxygens (including phenoxy) is 1. The Morgan fingerprint density at radius 1 is 1.35 bits per heavy atom. The summed E-state index contributed by atoms with van der Waals surface area (Å²) in [6.45, 7) is 1.66. The van der Waals surface area contributed by atoms with Crippen molar-refractivity contribution in [1.82, 2.24) is 15.2 Å². The molecule has 1 saturated heterocycles. The summed E-state index contributed by atoms with van der Waals surface area (Å²) in [5.41, 5.74) is 0.559. The number of morpholine rings is 1. The third-order valence-corrected chi connectivity index (χ3v) is 3.65. The highest BCUT2D eigenvalue weighted by Gasteiger charge is 2.28. The Morgan fingerprint density at radius 3 is 2.90 bits per heavy atom. The van der Waals surface area contributed by atoms with Crippen LogP contribution in [0.15, 0.2) is 23.1 Å². The van der Waals surface area contributed by atoms with Crippen LogP contribution in [0.1, 0.15) is 11.7 Å². The molecular weight excluding hydrogens is 303 g/mol. The predicted molar refractivity (Wildman–Crippen MR) is 76.6 cm³/mol. The van der Waals surface area contributed by atoms with Crippen molar-refractivity contribution < 1.29 is 4.74 Å². The van der Waals surface area contributed by atoms with Gasteiger partial charge in [0.15, 0.2) is 0 Å². The molecule has 1 fully saturated rings. The van der Waals surface area contributed by atoms with E-state index in [1.165, 1.54) is 6.07 Å². The molecule has 8 heteroatoms. The summed E-state index contributed by atoms with van der Waals surface area (Å²) >= 11 is 12.1. The highest BCUT2D eigenvalue weighted by atomic mass is 35.5. The molecule has 0 amide bonds. The second-order valence-electron chi connectivity index (χ2n) is 4.46. The molecule has 0 radical (unpaired) electrons. The Hall–Kier alpha value is -1.50. The van der Waals surface area contributed by atoms with Gasteiger partial charge in [0.1, 0.15) is 5.82 Å². The lowest BCUT2D eigenvalue weighted by Crippen LogP contribution is -2.40. The number of rotatable bonds is 2. The smallest absolute Gasteiger partial charge is 0.264 e. The van der Waals surface area contributed by atoms with Gasteiger partial charge in [0.25, 0.3) is 5.56 Å². The third-order valence-electron chi connectivity index (χ3n) is 3.16. The monoisotopic (exact) mass is 314 g/mol. The first-order valence-corrected chi connectivity index (χ1v) is 6.84. The van der Waals surface area contributed by atoms with Gasteiger partial charge in [-0.05, 0) is 6.07 Å². The van der Waals surface area contributed by atoms with Crippen LogP contribution in [-0.4, -0.2) is 34.9 Å². The van der Waals surface area contributed by atoms with Crippen molar-refractivity contribution in [2.24, 2.45) is 0 Å². The first kappa shape index (κ1) is 13.5. The van der Waals surface area contributed by atoms with E-state index in [1.54, 1.807) is 12.3 Å². The van der Waals surface area contributed by atoms with Gasteiger partial charge >= 0.3 is 0 Å². The average molecular weight is 315 g/mol. The molecule has 20 heavy (non-hydrogen) atoms. The maximum absolute atomic E-state index is 11.3. The van der Waals surface area contributed by atoms with Gasteiger partial charge in [-0.15, -0.1) is 0 Å². The lowest BCUT2D eigenvalue weighted by Gasteiger charge is -2.36. The van der Waals surface area contributed by atoms with E-state index in [-0.39, 0.29) is 11.6 Å². The van der Waals surface area contributed by atoms with Crippen LogP contribution in [-0.2, 0) is 4.74 Å². The molecule has 2 N–H and O–H groups in total. The molecule has 3 rings (SSSR count). The minimum Gasteiger partial charge on any atom is -0.377 e. The molecule has 106 valence electrons. The van der Waals surface area contributed by atoms with Gasteiger partial charge in [0, 0.05) is 18.8 Å². The molecular formula is C12H12Cl2N4O2. The summed E-state index contributed by atoms with van der Waals surface area (Å²) in [6, 6.07) is 3.02. The first-order valence-electron chi connectivity index (χ1n) is 6.08. The van der Waals surface area contributed by atoms with Crippen LogP contribution in [0.4, 0.5) is 5.82 Å². The van der Waals surface area contributed by atoms with Crippen LogP contribution < -0.4 is 10.5 Å². The number of H-pyrrole nitrogens is 2. The minimum absolute atomic E-state index is 0.145. The Morgan fingerprint density at radius 2 is 2.20 bits per heavy atom. The van der Waals surface area contributed by atoms with Gasteiger partial charge < -0.3 is 14.7 Å². The topological polar surface area (TPSA) is 74.0 Å². The number of hydrogen-bond donors (Lipinski definition) is 2. The molecule has 0 aliphatic carbocycles. The average Bonchev–Trinajstić information content (AvgIpc) is 2.85. The summed E-state index contributed by atoms with van der Waals surface area (Å²) in [5.74, 6) is 0.631. The quantitative estimate of drug-likeness (QED) is 0.889.